The van der Waals surface area contributed by atoms with Crippen molar-refractivity contribution in [3.63, 3.8) is 0 Å². The van der Waals surface area contributed by atoms with E-state index in [9.17, 15) is 4.79 Å². The van der Waals surface area contributed by atoms with Crippen LogP contribution < -0.4 is 15.0 Å². The highest BCUT2D eigenvalue weighted by molar-refractivity contribution is 7.13. The summed E-state index contributed by atoms with van der Waals surface area (Å²) in [5, 5.41) is 3.02. The highest BCUT2D eigenvalue weighted by Crippen LogP contribution is 2.28. The van der Waals surface area contributed by atoms with Crippen molar-refractivity contribution in [3.8, 4) is 5.75 Å². The maximum absolute atomic E-state index is 12.0. The summed E-state index contributed by atoms with van der Waals surface area (Å²) in [5.41, 5.74) is 1.19. The standard InChI is InChI=1S/C21H29N3O2S/c1-17-9-10-20(27-17)21(25)22-11-5-6-12-23-13-15-24(16-14-23)18-7-3-4-8-19(18)26-2/h3-4,7-10H,5-6,11-16H2,1-2H3,(H,22,25). The Kier molecular flexibility index (Phi) is 7.12. The van der Waals surface area contributed by atoms with Crippen LogP contribution in [-0.4, -0.2) is 57.2 Å². The van der Waals surface area contributed by atoms with E-state index in [4.69, 9.17) is 4.74 Å². The lowest BCUT2D eigenvalue weighted by molar-refractivity contribution is 0.0956. The minimum Gasteiger partial charge on any atom is -0.495 e. The van der Waals surface area contributed by atoms with Crippen LogP contribution in [0.25, 0.3) is 0 Å². The fourth-order valence-corrected chi connectivity index (χ4v) is 4.19. The predicted octanol–water partition coefficient (Wildman–Crippen LogP) is 3.40. The van der Waals surface area contributed by atoms with Crippen molar-refractivity contribution in [2.75, 3.05) is 51.3 Å². The van der Waals surface area contributed by atoms with Gasteiger partial charge in [0.05, 0.1) is 17.7 Å². The van der Waals surface area contributed by atoms with Crippen molar-refractivity contribution in [1.82, 2.24) is 10.2 Å². The van der Waals surface area contributed by atoms with Gasteiger partial charge in [0.25, 0.3) is 5.91 Å². The Morgan fingerprint density at radius 1 is 1.11 bits per heavy atom. The number of nitrogens with one attached hydrogen (secondary N) is 1. The molecule has 2 heterocycles. The third kappa shape index (κ3) is 5.47. The molecule has 0 unspecified atom stereocenters. The van der Waals surface area contributed by atoms with Gasteiger partial charge >= 0.3 is 0 Å². The Hall–Kier alpha value is -2.05. The van der Waals surface area contributed by atoms with Crippen molar-refractivity contribution >= 4 is 22.9 Å². The van der Waals surface area contributed by atoms with E-state index in [0.29, 0.717) is 0 Å². The van der Waals surface area contributed by atoms with Gasteiger partial charge in [-0.3, -0.25) is 9.69 Å². The second-order valence-corrected chi connectivity index (χ2v) is 8.16. The van der Waals surface area contributed by atoms with Crippen molar-refractivity contribution < 1.29 is 9.53 Å². The van der Waals surface area contributed by atoms with Gasteiger partial charge in [0.15, 0.2) is 0 Å². The van der Waals surface area contributed by atoms with E-state index < -0.39 is 0 Å². The summed E-state index contributed by atoms with van der Waals surface area (Å²) >= 11 is 1.55. The molecule has 6 heteroatoms. The monoisotopic (exact) mass is 387 g/mol. The second kappa shape index (κ2) is 9.76. The Labute approximate surface area is 165 Å². The molecule has 1 fully saturated rings. The van der Waals surface area contributed by atoms with E-state index >= 15 is 0 Å². The first kappa shape index (κ1) is 19.7. The third-order valence-corrected chi connectivity index (χ3v) is 5.95. The van der Waals surface area contributed by atoms with Crippen LogP contribution in [0.15, 0.2) is 36.4 Å². The zero-order valence-electron chi connectivity index (χ0n) is 16.2. The quantitative estimate of drug-likeness (QED) is 0.705. The van der Waals surface area contributed by atoms with Gasteiger partial charge in [0.1, 0.15) is 5.75 Å². The average Bonchev–Trinajstić information content (AvgIpc) is 3.14. The molecule has 1 aromatic carbocycles. The number of nitrogens with zero attached hydrogens (tertiary/aromatic N) is 2. The molecule has 0 aliphatic carbocycles. The molecule has 0 atom stereocenters. The van der Waals surface area contributed by atoms with Crippen LogP contribution >= 0.6 is 11.3 Å². The number of carbonyl (C=O) groups excluding carboxylic acids is 1. The number of methoxy groups -OCH3 is 1. The summed E-state index contributed by atoms with van der Waals surface area (Å²) < 4.78 is 5.48. The Bertz CT molecular complexity index is 739. The number of aryl methyl sites for hydroxylation is 1. The number of anilines is 1. The molecule has 1 aromatic heterocycles. The van der Waals surface area contributed by atoms with Crippen LogP contribution in [0.2, 0.25) is 0 Å². The van der Waals surface area contributed by atoms with E-state index in [1.807, 2.05) is 31.2 Å². The average molecular weight is 388 g/mol. The van der Waals surface area contributed by atoms with E-state index in [0.717, 1.165) is 62.7 Å². The third-order valence-electron chi connectivity index (χ3n) is 4.95. The fraction of sp³-hybridized carbons (Fsp3) is 0.476. The van der Waals surface area contributed by atoms with Crippen LogP contribution in [0.4, 0.5) is 5.69 Å². The molecular weight excluding hydrogens is 358 g/mol. The molecule has 0 spiro atoms. The van der Waals surface area contributed by atoms with Gasteiger partial charge in [0, 0.05) is 37.6 Å². The minimum atomic E-state index is 0.0542. The van der Waals surface area contributed by atoms with Crippen molar-refractivity contribution in [1.29, 1.82) is 0 Å². The van der Waals surface area contributed by atoms with Crippen LogP contribution in [0, 0.1) is 6.92 Å². The number of thiophene rings is 1. The Balaban J connectivity index is 1.32. The van der Waals surface area contributed by atoms with Crippen LogP contribution in [0.1, 0.15) is 27.4 Å². The largest absolute Gasteiger partial charge is 0.495 e. The number of benzene rings is 1. The number of ether oxygens (including phenoxy) is 1. The summed E-state index contributed by atoms with van der Waals surface area (Å²) in [6.07, 6.45) is 2.13. The summed E-state index contributed by atoms with van der Waals surface area (Å²) in [7, 11) is 1.73. The highest BCUT2D eigenvalue weighted by atomic mass is 32.1. The number of unbranched alkanes of at least 4 members (excludes halogenated alkanes) is 1. The van der Waals surface area contributed by atoms with Gasteiger partial charge in [-0.1, -0.05) is 12.1 Å². The number of hydrogen-bond donors (Lipinski definition) is 1. The topological polar surface area (TPSA) is 44.8 Å². The molecule has 2 aromatic rings. The number of carbonyl (C=O) groups is 1. The van der Waals surface area contributed by atoms with Gasteiger partial charge < -0.3 is 15.0 Å². The summed E-state index contributed by atoms with van der Waals surface area (Å²) in [6.45, 7) is 8.04. The van der Waals surface area contributed by atoms with E-state index in [1.54, 1.807) is 18.4 Å². The van der Waals surface area contributed by atoms with Crippen LogP contribution in [-0.2, 0) is 0 Å². The van der Waals surface area contributed by atoms with Gasteiger partial charge in [-0.2, -0.15) is 0 Å². The molecule has 1 saturated heterocycles. The van der Waals surface area contributed by atoms with Gasteiger partial charge in [-0.15, -0.1) is 11.3 Å². The molecular formula is C21H29N3O2S. The molecule has 5 nitrogen and oxygen atoms in total. The molecule has 1 aliphatic rings. The number of amides is 1. The normalized spacial score (nSPS) is 15.0. The second-order valence-electron chi connectivity index (χ2n) is 6.87. The Morgan fingerprint density at radius 2 is 1.89 bits per heavy atom. The SMILES string of the molecule is COc1ccccc1N1CCN(CCCCNC(=O)c2ccc(C)s2)CC1. The molecule has 1 aliphatic heterocycles. The number of hydrogen-bond acceptors (Lipinski definition) is 5. The molecule has 3 rings (SSSR count). The van der Waals surface area contributed by atoms with Crippen molar-refractivity contribution in [2.24, 2.45) is 0 Å². The number of piperazine rings is 1. The van der Waals surface area contributed by atoms with Crippen molar-refractivity contribution in [3.05, 3.63) is 46.2 Å². The van der Waals surface area contributed by atoms with Crippen LogP contribution in [0.5, 0.6) is 5.75 Å². The maximum Gasteiger partial charge on any atom is 0.261 e. The maximum atomic E-state index is 12.0. The lowest BCUT2D eigenvalue weighted by atomic mass is 10.2. The first-order valence-electron chi connectivity index (χ1n) is 9.62. The van der Waals surface area contributed by atoms with E-state index in [2.05, 4.69) is 27.2 Å². The Morgan fingerprint density at radius 3 is 2.59 bits per heavy atom. The number of para-hydroxylation sites is 2. The van der Waals surface area contributed by atoms with Gasteiger partial charge in [0.2, 0.25) is 0 Å². The fourth-order valence-electron chi connectivity index (χ4n) is 3.41. The van der Waals surface area contributed by atoms with Gasteiger partial charge in [-0.25, -0.2) is 0 Å². The van der Waals surface area contributed by atoms with E-state index in [-0.39, 0.29) is 5.91 Å². The van der Waals surface area contributed by atoms with E-state index in [1.165, 1.54) is 10.6 Å². The minimum absolute atomic E-state index is 0.0542. The first-order chi connectivity index (χ1) is 13.2. The zero-order valence-corrected chi connectivity index (χ0v) is 17.1. The van der Waals surface area contributed by atoms with Crippen molar-refractivity contribution in [2.45, 2.75) is 19.8 Å². The summed E-state index contributed by atoms with van der Waals surface area (Å²) in [6, 6.07) is 12.1. The summed E-state index contributed by atoms with van der Waals surface area (Å²) in [4.78, 5) is 18.9. The molecule has 1 N–H and O–H groups in total. The smallest absolute Gasteiger partial charge is 0.261 e. The summed E-state index contributed by atoms with van der Waals surface area (Å²) in [5.74, 6) is 1.00. The lowest BCUT2D eigenvalue weighted by Gasteiger charge is -2.36. The number of rotatable bonds is 8. The first-order valence-corrected chi connectivity index (χ1v) is 10.4. The molecule has 0 bridgehead atoms. The van der Waals surface area contributed by atoms with Crippen LogP contribution in [0.3, 0.4) is 0 Å². The zero-order chi connectivity index (χ0) is 19.1. The molecule has 0 radical (unpaired) electrons. The molecule has 0 saturated carbocycles. The highest BCUT2D eigenvalue weighted by Gasteiger charge is 2.19. The van der Waals surface area contributed by atoms with Gasteiger partial charge in [-0.05, 0) is 50.6 Å². The predicted molar refractivity (Wildman–Crippen MR) is 112 cm³/mol. The molecule has 27 heavy (non-hydrogen) atoms. The lowest BCUT2D eigenvalue weighted by Crippen LogP contribution is -2.46. The molecule has 1 amide bonds. The molecule has 146 valence electrons.